The third kappa shape index (κ3) is 10.5. The molecule has 0 aliphatic heterocycles. The molecular weight excluding hydrogens is 1160 g/mol. The summed E-state index contributed by atoms with van der Waals surface area (Å²) in [4.78, 5) is 19.2. The first-order valence-corrected chi connectivity index (χ1v) is 30.7. The Labute approximate surface area is 544 Å². The molecule has 93 heavy (non-hydrogen) atoms. The van der Waals surface area contributed by atoms with Crippen molar-refractivity contribution in [2.45, 2.75) is 21.3 Å². The molecule has 1 aliphatic carbocycles. The van der Waals surface area contributed by atoms with Crippen LogP contribution in [0.1, 0.15) is 31.7 Å². The van der Waals surface area contributed by atoms with E-state index in [1.54, 1.807) is 6.20 Å². The van der Waals surface area contributed by atoms with Gasteiger partial charge in [-0.15, -0.1) is 0 Å². The van der Waals surface area contributed by atoms with E-state index in [2.05, 4.69) is 200 Å². The standard InChI is InChI=1S/C41H25N5.C25H17N.C16H11ClN2.2CH4/c42-26-34-41(44-40(28-16-6-2-7-17-28)39(43-34)27-14-4-1-5-15-27)46-36-23-13-11-21-31(36)33-24-32-30-20-10-12-22-35(30)45(37(32)25-38(33)46)29-18-8-3-9-19-29;1-2-9-19(10-3-1)26-24-13-7-6-12-21(24)23-16-22-18(15-25(23)26)14-17-8-4-5-11-20(17)22;17-14-11-18-15(12-7-3-1-4-8-12)16(19-14)13-9-5-2-6-10-13;;/h1-25H;1-13,15-16H,14H2;1-11H;2*1H4. The summed E-state index contributed by atoms with van der Waals surface area (Å²) < 4.78 is 6.83. The van der Waals surface area contributed by atoms with Crippen molar-refractivity contribution in [1.82, 2.24) is 33.6 Å². The molecule has 0 spiro atoms. The highest BCUT2D eigenvalue weighted by molar-refractivity contribution is 6.29. The van der Waals surface area contributed by atoms with Crippen LogP contribution in [0.15, 0.2) is 310 Å². The molecule has 17 aromatic rings. The fraction of sp³-hybridized carbons (Fsp3) is 0.0357. The van der Waals surface area contributed by atoms with Gasteiger partial charge < -0.3 is 9.13 Å². The Balaban J connectivity index is 0.000000134. The molecule has 0 atom stereocenters. The number of hydrogen-bond donors (Lipinski definition) is 0. The highest BCUT2D eigenvalue weighted by Gasteiger charge is 2.25. The lowest BCUT2D eigenvalue weighted by Gasteiger charge is -2.15. The van der Waals surface area contributed by atoms with Crippen LogP contribution >= 0.6 is 11.6 Å². The van der Waals surface area contributed by atoms with Gasteiger partial charge in [0.2, 0.25) is 0 Å². The Morgan fingerprint density at radius 2 is 0.710 bits per heavy atom. The van der Waals surface area contributed by atoms with Gasteiger partial charge in [0, 0.05) is 65.9 Å². The number of rotatable bonds is 7. The highest BCUT2D eigenvalue weighted by Crippen LogP contribution is 2.44. The van der Waals surface area contributed by atoms with Crippen molar-refractivity contribution >= 4 is 77.0 Å². The van der Waals surface area contributed by atoms with Crippen molar-refractivity contribution in [1.29, 1.82) is 5.26 Å². The van der Waals surface area contributed by atoms with E-state index in [1.807, 2.05) is 133 Å². The maximum absolute atomic E-state index is 10.6. The number of nitriles is 1. The van der Waals surface area contributed by atoms with Crippen molar-refractivity contribution in [2.75, 3.05) is 0 Å². The van der Waals surface area contributed by atoms with Gasteiger partial charge >= 0.3 is 0 Å². The summed E-state index contributed by atoms with van der Waals surface area (Å²) in [6.45, 7) is 0. The van der Waals surface area contributed by atoms with E-state index < -0.39 is 0 Å². The summed E-state index contributed by atoms with van der Waals surface area (Å²) >= 11 is 5.98. The van der Waals surface area contributed by atoms with Crippen molar-refractivity contribution in [2.24, 2.45) is 0 Å². The smallest absolute Gasteiger partial charge is 0.184 e. The first-order chi connectivity index (χ1) is 45.0. The third-order valence-corrected chi connectivity index (χ3v) is 17.4. The van der Waals surface area contributed by atoms with Crippen LogP contribution in [0.2, 0.25) is 5.15 Å². The van der Waals surface area contributed by atoms with Crippen molar-refractivity contribution in [3.8, 4) is 79.4 Å². The van der Waals surface area contributed by atoms with Crippen LogP contribution in [0.4, 0.5) is 0 Å². The van der Waals surface area contributed by atoms with Gasteiger partial charge in [-0.25, -0.2) is 15.0 Å². The molecule has 5 aromatic heterocycles. The van der Waals surface area contributed by atoms with E-state index in [0.717, 1.165) is 84.3 Å². The average Bonchev–Trinajstić information content (AvgIpc) is 1.58. The number of nitrogens with zero attached hydrogens (tertiary/aromatic N) is 8. The van der Waals surface area contributed by atoms with E-state index in [1.165, 1.54) is 60.5 Å². The van der Waals surface area contributed by atoms with Crippen LogP contribution in [-0.4, -0.2) is 33.6 Å². The molecule has 0 saturated carbocycles. The normalized spacial score (nSPS) is 11.3. The number of benzene rings is 12. The second-order valence-corrected chi connectivity index (χ2v) is 22.9. The molecule has 0 radical (unpaired) electrons. The molecule has 0 N–H and O–H groups in total. The number of para-hydroxylation sites is 5. The Hall–Kier alpha value is -12.0. The van der Waals surface area contributed by atoms with Crippen molar-refractivity contribution in [3.63, 3.8) is 0 Å². The zero-order chi connectivity index (χ0) is 60.8. The molecular formula is C84H61ClN8. The third-order valence-electron chi connectivity index (χ3n) is 17.2. The number of aromatic nitrogens is 7. The first-order valence-electron chi connectivity index (χ1n) is 30.3. The van der Waals surface area contributed by atoms with Crippen LogP contribution < -0.4 is 0 Å². The van der Waals surface area contributed by atoms with E-state index in [4.69, 9.17) is 21.6 Å². The Morgan fingerprint density at radius 3 is 1.22 bits per heavy atom. The van der Waals surface area contributed by atoms with Gasteiger partial charge in [-0.05, 0) is 95.4 Å². The minimum Gasteiger partial charge on any atom is -0.309 e. The van der Waals surface area contributed by atoms with Crippen LogP contribution in [0.25, 0.3) is 139 Å². The largest absolute Gasteiger partial charge is 0.309 e. The molecule has 12 aromatic carbocycles. The molecule has 0 amide bonds. The predicted molar refractivity (Wildman–Crippen MR) is 387 cm³/mol. The van der Waals surface area contributed by atoms with Crippen LogP contribution in [-0.2, 0) is 6.42 Å². The summed E-state index contributed by atoms with van der Waals surface area (Å²) in [6, 6.07) is 107. The minimum absolute atomic E-state index is 0. The second-order valence-electron chi connectivity index (χ2n) is 22.5. The van der Waals surface area contributed by atoms with Gasteiger partial charge in [0.15, 0.2) is 11.5 Å². The predicted octanol–water partition coefficient (Wildman–Crippen LogP) is 22.0. The molecule has 8 nitrogen and oxygen atoms in total. The lowest BCUT2D eigenvalue weighted by atomic mass is 10.0. The fourth-order valence-corrected chi connectivity index (χ4v) is 13.3. The Morgan fingerprint density at radius 1 is 0.323 bits per heavy atom. The molecule has 0 unspecified atom stereocenters. The minimum atomic E-state index is 0. The summed E-state index contributed by atoms with van der Waals surface area (Å²) in [6.07, 6.45) is 2.61. The van der Waals surface area contributed by atoms with Crippen molar-refractivity contribution < 1.29 is 0 Å². The monoisotopic (exact) mass is 1220 g/mol. The van der Waals surface area contributed by atoms with E-state index >= 15 is 0 Å². The lowest BCUT2D eigenvalue weighted by molar-refractivity contribution is 1.03. The van der Waals surface area contributed by atoms with Crippen LogP contribution in [0.3, 0.4) is 0 Å². The zero-order valence-corrected chi connectivity index (χ0v) is 49.9. The van der Waals surface area contributed by atoms with Gasteiger partial charge in [-0.1, -0.05) is 263 Å². The lowest BCUT2D eigenvalue weighted by Crippen LogP contribution is -2.07. The van der Waals surface area contributed by atoms with E-state index in [0.29, 0.717) is 16.7 Å². The number of fused-ring (bicyclic) bond motifs is 12. The quantitative estimate of drug-likeness (QED) is 0.159. The Kier molecular flexibility index (Phi) is 15.8. The molecule has 1 aliphatic rings. The first kappa shape index (κ1) is 58.7. The molecule has 0 fully saturated rings. The zero-order valence-electron chi connectivity index (χ0n) is 49.1. The SMILES string of the molecule is C.C.Clc1cnc(-c2ccccc2)c(-c2ccccc2)n1.N#Cc1nc(-c2ccccc2)c(-c2ccccc2)nc1-n1c2ccccc2c2cc3c4ccccc4n(-c4ccccc4)c3cc21.c1ccc(-n2c3ccccc3c3cc4c(cc32)Cc2ccccc2-4)cc1. The molecule has 5 heterocycles. The van der Waals surface area contributed by atoms with Gasteiger partial charge in [0.1, 0.15) is 11.2 Å². The summed E-state index contributed by atoms with van der Waals surface area (Å²) in [5.41, 5.74) is 21.9. The summed E-state index contributed by atoms with van der Waals surface area (Å²) in [7, 11) is 0. The molecule has 444 valence electrons. The van der Waals surface area contributed by atoms with Gasteiger partial charge in [0.05, 0.1) is 62.1 Å². The topological polar surface area (TPSA) is 90.1 Å². The van der Waals surface area contributed by atoms with E-state index in [-0.39, 0.29) is 20.5 Å². The van der Waals surface area contributed by atoms with E-state index in [9.17, 15) is 5.26 Å². The highest BCUT2D eigenvalue weighted by atomic mass is 35.5. The molecule has 9 heteroatoms. The van der Waals surface area contributed by atoms with Crippen LogP contribution in [0, 0.1) is 11.3 Å². The number of hydrogen-bond acceptors (Lipinski definition) is 5. The average molecular weight is 1220 g/mol. The van der Waals surface area contributed by atoms with Gasteiger partial charge in [-0.3, -0.25) is 9.55 Å². The summed E-state index contributed by atoms with van der Waals surface area (Å²) in [5.74, 6) is 0.508. The fourth-order valence-electron chi connectivity index (χ4n) is 13.2. The Bertz CT molecular complexity index is 5620. The molecule has 0 saturated heterocycles. The van der Waals surface area contributed by atoms with Crippen molar-refractivity contribution in [3.05, 3.63) is 331 Å². The van der Waals surface area contributed by atoms with Gasteiger partial charge in [0.25, 0.3) is 0 Å². The van der Waals surface area contributed by atoms with Crippen LogP contribution in [0.5, 0.6) is 0 Å². The number of halogens is 1. The van der Waals surface area contributed by atoms with Gasteiger partial charge in [-0.2, -0.15) is 5.26 Å². The summed E-state index contributed by atoms with van der Waals surface area (Å²) in [5, 5.41) is 18.2. The molecule has 18 rings (SSSR count). The second kappa shape index (κ2) is 25.1. The molecule has 0 bridgehead atoms. The maximum Gasteiger partial charge on any atom is 0.184 e. The maximum atomic E-state index is 10.6.